The first kappa shape index (κ1) is 23.6. The summed E-state index contributed by atoms with van der Waals surface area (Å²) >= 11 is 7.63. The largest absolute Gasteiger partial charge is 0.468 e. The van der Waals surface area contributed by atoms with Crippen molar-refractivity contribution in [3.05, 3.63) is 69.3 Å². The number of piperazine rings is 1. The van der Waals surface area contributed by atoms with Gasteiger partial charge >= 0.3 is 5.97 Å². The van der Waals surface area contributed by atoms with E-state index in [1.807, 2.05) is 29.2 Å². The molecule has 1 aromatic heterocycles. The number of rotatable bonds is 6. The van der Waals surface area contributed by atoms with Gasteiger partial charge in [-0.25, -0.2) is 9.18 Å². The van der Waals surface area contributed by atoms with Crippen LogP contribution in [0.5, 0.6) is 0 Å². The minimum Gasteiger partial charge on any atom is -0.468 e. The summed E-state index contributed by atoms with van der Waals surface area (Å²) in [4.78, 5) is 30.2. The fourth-order valence-corrected chi connectivity index (χ4v) is 5.66. The van der Waals surface area contributed by atoms with E-state index in [2.05, 4.69) is 0 Å². The van der Waals surface area contributed by atoms with Crippen molar-refractivity contribution in [1.29, 1.82) is 0 Å². The molecule has 1 fully saturated rings. The summed E-state index contributed by atoms with van der Waals surface area (Å²) in [6.45, 7) is 1.92. The van der Waals surface area contributed by atoms with Gasteiger partial charge in [-0.15, -0.1) is 11.3 Å². The van der Waals surface area contributed by atoms with Crippen molar-refractivity contribution in [2.45, 2.75) is 12.6 Å². The number of esters is 1. The Hall–Kier alpha value is -2.52. The summed E-state index contributed by atoms with van der Waals surface area (Å²) in [7, 11) is 2.88. The third kappa shape index (κ3) is 4.61. The van der Waals surface area contributed by atoms with Crippen LogP contribution in [0.2, 0.25) is 5.02 Å². The molecule has 0 radical (unpaired) electrons. The molecule has 6 nitrogen and oxygen atoms in total. The van der Waals surface area contributed by atoms with Crippen LogP contribution in [-0.4, -0.2) is 62.1 Å². The van der Waals surface area contributed by atoms with E-state index in [1.54, 1.807) is 17.0 Å². The number of hydrogen-bond donors (Lipinski definition) is 0. The smallest absolute Gasteiger partial charge is 0.327 e. The van der Waals surface area contributed by atoms with Crippen LogP contribution in [0, 0.1) is 5.82 Å². The van der Waals surface area contributed by atoms with Gasteiger partial charge in [0.2, 0.25) is 0 Å². The maximum absolute atomic E-state index is 14.5. The van der Waals surface area contributed by atoms with Crippen LogP contribution in [0.15, 0.2) is 42.5 Å². The van der Waals surface area contributed by atoms with E-state index in [-0.39, 0.29) is 18.3 Å². The minimum atomic E-state index is -0.650. The lowest BCUT2D eigenvalue weighted by molar-refractivity contribution is -0.148. The Balaban J connectivity index is 1.56. The van der Waals surface area contributed by atoms with Crippen molar-refractivity contribution in [2.24, 2.45) is 0 Å². The molecule has 33 heavy (non-hydrogen) atoms. The second-order valence-corrected chi connectivity index (χ2v) is 9.19. The number of carbonyl (C=O) groups excluding carboxylic acids is 2. The summed E-state index contributed by atoms with van der Waals surface area (Å²) in [6.07, 6.45) is 0. The summed E-state index contributed by atoms with van der Waals surface area (Å²) in [6, 6.07) is 11.4. The maximum Gasteiger partial charge on any atom is 0.327 e. The number of carbonyl (C=O) groups is 2. The SMILES string of the molecule is COCc1c(C(=O)N2CCN(C(C(=O)OC)c3ccccc3Cl)CC2)sc2cccc(F)c12. The molecule has 1 unspecified atom stereocenters. The normalized spacial score (nSPS) is 15.6. The van der Waals surface area contributed by atoms with Gasteiger partial charge in [0.25, 0.3) is 5.91 Å². The van der Waals surface area contributed by atoms with Crippen LogP contribution in [0.3, 0.4) is 0 Å². The topological polar surface area (TPSA) is 59.1 Å². The Labute approximate surface area is 200 Å². The quantitative estimate of drug-likeness (QED) is 0.476. The van der Waals surface area contributed by atoms with E-state index in [1.165, 1.54) is 31.6 Å². The number of halogens is 2. The van der Waals surface area contributed by atoms with Crippen LogP contribution < -0.4 is 0 Å². The molecule has 0 saturated carbocycles. The highest BCUT2D eigenvalue weighted by Crippen LogP contribution is 2.35. The van der Waals surface area contributed by atoms with Crippen LogP contribution >= 0.6 is 22.9 Å². The molecule has 1 amide bonds. The molecule has 2 heterocycles. The van der Waals surface area contributed by atoms with E-state index in [0.717, 1.165) is 0 Å². The molecule has 9 heteroatoms. The number of methoxy groups -OCH3 is 2. The van der Waals surface area contributed by atoms with Gasteiger partial charge in [-0.1, -0.05) is 35.9 Å². The predicted octanol–water partition coefficient (Wildman–Crippen LogP) is 4.51. The molecule has 0 spiro atoms. The lowest BCUT2D eigenvalue weighted by Crippen LogP contribution is -2.51. The molecule has 174 valence electrons. The Bertz CT molecular complexity index is 1180. The Kier molecular flexibility index (Phi) is 7.29. The van der Waals surface area contributed by atoms with E-state index in [9.17, 15) is 14.0 Å². The zero-order valence-electron chi connectivity index (χ0n) is 18.3. The highest BCUT2D eigenvalue weighted by atomic mass is 35.5. The fraction of sp³-hybridized carbons (Fsp3) is 0.333. The molecule has 0 N–H and O–H groups in total. The van der Waals surface area contributed by atoms with Crippen molar-refractivity contribution in [1.82, 2.24) is 9.80 Å². The lowest BCUT2D eigenvalue weighted by Gasteiger charge is -2.38. The van der Waals surface area contributed by atoms with Gasteiger partial charge in [-0.3, -0.25) is 9.69 Å². The second-order valence-electron chi connectivity index (χ2n) is 7.73. The van der Waals surface area contributed by atoms with Crippen molar-refractivity contribution in [2.75, 3.05) is 40.4 Å². The van der Waals surface area contributed by atoms with E-state index in [0.29, 0.717) is 57.3 Å². The first-order valence-electron chi connectivity index (χ1n) is 10.5. The number of amides is 1. The Morgan fingerprint density at radius 1 is 1.09 bits per heavy atom. The van der Waals surface area contributed by atoms with Crippen molar-refractivity contribution < 1.29 is 23.5 Å². The monoisotopic (exact) mass is 490 g/mol. The molecule has 1 aliphatic rings. The maximum atomic E-state index is 14.5. The minimum absolute atomic E-state index is 0.152. The molecular formula is C24H24ClFN2O4S. The van der Waals surface area contributed by atoms with Gasteiger partial charge in [0.05, 0.1) is 18.6 Å². The molecule has 3 aromatic rings. The van der Waals surface area contributed by atoms with Crippen LogP contribution in [0.1, 0.15) is 26.8 Å². The van der Waals surface area contributed by atoms with Crippen LogP contribution in [0.4, 0.5) is 4.39 Å². The average molecular weight is 491 g/mol. The fourth-order valence-electron chi connectivity index (χ4n) is 4.23. The summed E-state index contributed by atoms with van der Waals surface area (Å²) in [5.74, 6) is -0.916. The lowest BCUT2D eigenvalue weighted by atomic mass is 10.0. The third-order valence-electron chi connectivity index (χ3n) is 5.84. The first-order valence-corrected chi connectivity index (χ1v) is 11.7. The number of nitrogens with zero attached hydrogens (tertiary/aromatic N) is 2. The number of hydrogen-bond acceptors (Lipinski definition) is 6. The predicted molar refractivity (Wildman–Crippen MR) is 126 cm³/mol. The molecule has 1 saturated heterocycles. The average Bonchev–Trinajstić information content (AvgIpc) is 3.20. The van der Waals surface area contributed by atoms with Gasteiger partial charge in [0.15, 0.2) is 0 Å². The van der Waals surface area contributed by atoms with Crippen molar-refractivity contribution in [3.63, 3.8) is 0 Å². The van der Waals surface area contributed by atoms with Gasteiger partial charge < -0.3 is 14.4 Å². The summed E-state index contributed by atoms with van der Waals surface area (Å²) in [5.41, 5.74) is 1.25. The van der Waals surface area contributed by atoms with Crippen molar-refractivity contribution in [3.8, 4) is 0 Å². The van der Waals surface area contributed by atoms with Crippen LogP contribution in [-0.2, 0) is 20.9 Å². The molecule has 1 atom stereocenters. The van der Waals surface area contributed by atoms with Gasteiger partial charge in [-0.05, 0) is 23.8 Å². The Morgan fingerprint density at radius 3 is 2.48 bits per heavy atom. The van der Waals surface area contributed by atoms with Gasteiger partial charge in [0.1, 0.15) is 11.9 Å². The van der Waals surface area contributed by atoms with E-state index in [4.69, 9.17) is 21.1 Å². The molecule has 4 rings (SSSR count). The molecular weight excluding hydrogens is 467 g/mol. The number of benzene rings is 2. The first-order chi connectivity index (χ1) is 16.0. The molecule has 1 aliphatic heterocycles. The van der Waals surface area contributed by atoms with Crippen molar-refractivity contribution >= 4 is 44.9 Å². The van der Waals surface area contributed by atoms with E-state index >= 15 is 0 Å². The standard InChI is InChI=1S/C24H24ClFN2O4S/c1-31-14-16-20-18(26)8-5-9-19(20)33-22(16)23(29)28-12-10-27(11-13-28)21(24(30)32-2)15-6-3-4-7-17(15)25/h3-9,21H,10-14H2,1-2H3. The van der Waals surface area contributed by atoms with E-state index < -0.39 is 12.0 Å². The zero-order chi connectivity index (χ0) is 23.5. The molecule has 0 bridgehead atoms. The summed E-state index contributed by atoms with van der Waals surface area (Å²) < 4.78 is 25.5. The highest BCUT2D eigenvalue weighted by Gasteiger charge is 2.34. The summed E-state index contributed by atoms with van der Waals surface area (Å²) in [5, 5.41) is 0.929. The third-order valence-corrected chi connectivity index (χ3v) is 7.37. The van der Waals surface area contributed by atoms with Gasteiger partial charge in [-0.2, -0.15) is 0 Å². The van der Waals surface area contributed by atoms with Gasteiger partial charge in [0, 0.05) is 54.0 Å². The number of fused-ring (bicyclic) bond motifs is 1. The highest BCUT2D eigenvalue weighted by molar-refractivity contribution is 7.21. The zero-order valence-corrected chi connectivity index (χ0v) is 19.9. The second kappa shape index (κ2) is 10.2. The Morgan fingerprint density at radius 2 is 1.82 bits per heavy atom. The van der Waals surface area contributed by atoms with Crippen LogP contribution in [0.25, 0.3) is 10.1 Å². The number of ether oxygens (including phenoxy) is 2. The molecule has 0 aliphatic carbocycles. The molecule has 2 aromatic carbocycles. The number of thiophene rings is 1.